The molecule has 1 aromatic carbocycles. The zero-order chi connectivity index (χ0) is 21.9. The van der Waals surface area contributed by atoms with Gasteiger partial charge in [-0.05, 0) is 44.0 Å². The van der Waals surface area contributed by atoms with Gasteiger partial charge in [0, 0.05) is 30.8 Å². The van der Waals surface area contributed by atoms with Crippen LogP contribution in [0.1, 0.15) is 57.5 Å². The summed E-state index contributed by atoms with van der Waals surface area (Å²) in [6.07, 6.45) is 2.21. The second kappa shape index (κ2) is 9.08. The molecule has 1 fully saturated rings. The number of nitrogens with zero attached hydrogens (tertiary/aromatic N) is 2. The summed E-state index contributed by atoms with van der Waals surface area (Å²) < 4.78 is 18.6. The highest BCUT2D eigenvalue weighted by atomic mass is 16.5. The number of benzene rings is 1. The molecule has 0 unspecified atom stereocenters. The van der Waals surface area contributed by atoms with E-state index in [1.54, 1.807) is 20.4 Å². The molecular formula is C23H33N3O4. The van der Waals surface area contributed by atoms with Crippen LogP contribution in [0.3, 0.4) is 0 Å². The standard InChI is InChI=1S/C23H33N3O4/c1-15(2)26-18(9-11-25-26)21-17(10-12-30-21)22(27)24-14-23(3,4)16-7-8-19(28-5)20(13-16)29-6/h7-9,11,13,15,17,21H,10,12,14H2,1-6H3,(H,24,27)/t17-,21-/m0/s1. The lowest BCUT2D eigenvalue weighted by Gasteiger charge is -2.28. The van der Waals surface area contributed by atoms with Crippen molar-refractivity contribution in [1.82, 2.24) is 15.1 Å². The number of methoxy groups -OCH3 is 2. The van der Waals surface area contributed by atoms with Gasteiger partial charge in [-0.15, -0.1) is 0 Å². The fourth-order valence-electron chi connectivity index (χ4n) is 3.93. The molecule has 1 aliphatic heterocycles. The van der Waals surface area contributed by atoms with Gasteiger partial charge in [0.25, 0.3) is 0 Å². The van der Waals surface area contributed by atoms with Gasteiger partial charge in [0.1, 0.15) is 6.10 Å². The smallest absolute Gasteiger partial charge is 0.226 e. The van der Waals surface area contributed by atoms with Crippen LogP contribution in [0.15, 0.2) is 30.5 Å². The summed E-state index contributed by atoms with van der Waals surface area (Å²) in [4.78, 5) is 13.1. The van der Waals surface area contributed by atoms with Gasteiger partial charge in [-0.2, -0.15) is 5.10 Å². The van der Waals surface area contributed by atoms with Gasteiger partial charge < -0.3 is 19.5 Å². The van der Waals surface area contributed by atoms with Gasteiger partial charge in [-0.25, -0.2) is 0 Å². The van der Waals surface area contributed by atoms with Gasteiger partial charge in [0.2, 0.25) is 5.91 Å². The number of hydrogen-bond acceptors (Lipinski definition) is 5. The van der Waals surface area contributed by atoms with Gasteiger partial charge in [0.15, 0.2) is 11.5 Å². The number of hydrogen-bond donors (Lipinski definition) is 1. The van der Waals surface area contributed by atoms with Crippen molar-refractivity contribution in [2.24, 2.45) is 5.92 Å². The van der Waals surface area contributed by atoms with E-state index in [0.29, 0.717) is 31.1 Å². The van der Waals surface area contributed by atoms with Crippen LogP contribution in [0.4, 0.5) is 0 Å². The van der Waals surface area contributed by atoms with Crippen LogP contribution in [0.25, 0.3) is 0 Å². The van der Waals surface area contributed by atoms with Crippen molar-refractivity contribution in [3.05, 3.63) is 41.7 Å². The number of aromatic nitrogens is 2. The van der Waals surface area contributed by atoms with Crippen LogP contribution < -0.4 is 14.8 Å². The number of ether oxygens (including phenoxy) is 3. The third-order valence-electron chi connectivity index (χ3n) is 5.78. The number of amides is 1. The Kier molecular flexibility index (Phi) is 6.71. The Balaban J connectivity index is 1.70. The highest BCUT2D eigenvalue weighted by Crippen LogP contribution is 2.36. The zero-order valence-electron chi connectivity index (χ0n) is 18.8. The second-order valence-corrected chi connectivity index (χ2v) is 8.65. The molecule has 1 aromatic heterocycles. The minimum Gasteiger partial charge on any atom is -0.493 e. The van der Waals surface area contributed by atoms with E-state index in [4.69, 9.17) is 14.2 Å². The molecule has 2 aromatic rings. The summed E-state index contributed by atoms with van der Waals surface area (Å²) in [5, 5.41) is 7.54. The molecule has 1 saturated heterocycles. The Morgan fingerprint density at radius 1 is 1.27 bits per heavy atom. The van der Waals surface area contributed by atoms with Crippen LogP contribution in [0.5, 0.6) is 11.5 Å². The van der Waals surface area contributed by atoms with E-state index in [-0.39, 0.29) is 29.4 Å². The van der Waals surface area contributed by atoms with Gasteiger partial charge in [0.05, 0.1) is 25.8 Å². The summed E-state index contributed by atoms with van der Waals surface area (Å²) in [7, 11) is 3.24. The molecule has 7 nitrogen and oxygen atoms in total. The lowest BCUT2D eigenvalue weighted by Crippen LogP contribution is -2.40. The average molecular weight is 416 g/mol. The molecule has 2 heterocycles. The van der Waals surface area contributed by atoms with E-state index in [1.807, 2.05) is 28.9 Å². The Labute approximate surface area is 178 Å². The fraction of sp³-hybridized carbons (Fsp3) is 0.565. The topological polar surface area (TPSA) is 74.6 Å². The van der Waals surface area contributed by atoms with Crippen molar-refractivity contribution in [3.8, 4) is 11.5 Å². The molecule has 3 rings (SSSR count). The maximum absolute atomic E-state index is 13.1. The molecule has 7 heteroatoms. The molecule has 164 valence electrons. The van der Waals surface area contributed by atoms with Gasteiger partial charge in [-0.1, -0.05) is 19.9 Å². The molecule has 0 aliphatic carbocycles. The Morgan fingerprint density at radius 3 is 2.67 bits per heavy atom. The van der Waals surface area contributed by atoms with Crippen molar-refractivity contribution in [2.75, 3.05) is 27.4 Å². The largest absolute Gasteiger partial charge is 0.493 e. The average Bonchev–Trinajstić information content (AvgIpc) is 3.40. The van der Waals surface area contributed by atoms with Crippen LogP contribution in [-0.2, 0) is 14.9 Å². The molecule has 1 aliphatic rings. The monoisotopic (exact) mass is 415 g/mol. The van der Waals surface area contributed by atoms with Crippen molar-refractivity contribution < 1.29 is 19.0 Å². The van der Waals surface area contributed by atoms with E-state index >= 15 is 0 Å². The van der Waals surface area contributed by atoms with Crippen LogP contribution in [0, 0.1) is 5.92 Å². The highest BCUT2D eigenvalue weighted by molar-refractivity contribution is 5.79. The second-order valence-electron chi connectivity index (χ2n) is 8.65. The van der Waals surface area contributed by atoms with Crippen LogP contribution in [0.2, 0.25) is 0 Å². The minimum atomic E-state index is -0.274. The van der Waals surface area contributed by atoms with E-state index < -0.39 is 0 Å². The summed E-state index contributed by atoms with van der Waals surface area (Å²) in [6.45, 7) is 9.44. The maximum Gasteiger partial charge on any atom is 0.226 e. The third-order valence-corrected chi connectivity index (χ3v) is 5.78. The fourth-order valence-corrected chi connectivity index (χ4v) is 3.93. The first-order chi connectivity index (χ1) is 14.3. The van der Waals surface area contributed by atoms with E-state index in [0.717, 1.165) is 11.3 Å². The van der Waals surface area contributed by atoms with Crippen LogP contribution in [-0.4, -0.2) is 43.1 Å². The van der Waals surface area contributed by atoms with E-state index in [1.165, 1.54) is 0 Å². The minimum absolute atomic E-state index is 0.0163. The molecule has 0 radical (unpaired) electrons. The van der Waals surface area contributed by atoms with Gasteiger partial charge >= 0.3 is 0 Å². The maximum atomic E-state index is 13.1. The Morgan fingerprint density at radius 2 is 2.00 bits per heavy atom. The van der Waals surface area contributed by atoms with Crippen molar-refractivity contribution in [1.29, 1.82) is 0 Å². The summed E-state index contributed by atoms with van der Waals surface area (Å²) in [6, 6.07) is 8.03. The summed E-state index contributed by atoms with van der Waals surface area (Å²) in [5.41, 5.74) is 1.75. The van der Waals surface area contributed by atoms with Gasteiger partial charge in [-0.3, -0.25) is 9.48 Å². The quantitative estimate of drug-likeness (QED) is 0.712. The molecule has 0 spiro atoms. The predicted molar refractivity (Wildman–Crippen MR) is 115 cm³/mol. The number of carbonyl (C=O) groups excluding carboxylic acids is 1. The van der Waals surface area contributed by atoms with Crippen molar-refractivity contribution in [3.63, 3.8) is 0 Å². The Hall–Kier alpha value is -2.54. The molecule has 1 amide bonds. The first-order valence-corrected chi connectivity index (χ1v) is 10.4. The molecular weight excluding hydrogens is 382 g/mol. The SMILES string of the molecule is COc1ccc(C(C)(C)CNC(=O)[C@H]2CCO[C@@H]2c2ccnn2C(C)C)cc1OC. The van der Waals surface area contributed by atoms with Crippen molar-refractivity contribution >= 4 is 5.91 Å². The molecule has 1 N–H and O–H groups in total. The molecule has 0 bridgehead atoms. The summed E-state index contributed by atoms with van der Waals surface area (Å²) in [5.74, 6) is 1.16. The zero-order valence-corrected chi connectivity index (χ0v) is 18.8. The first kappa shape index (κ1) is 22.2. The lowest BCUT2D eigenvalue weighted by molar-refractivity contribution is -0.127. The normalized spacial score (nSPS) is 19.2. The number of nitrogens with one attached hydrogen (secondary N) is 1. The summed E-state index contributed by atoms with van der Waals surface area (Å²) >= 11 is 0. The first-order valence-electron chi connectivity index (χ1n) is 10.4. The van der Waals surface area contributed by atoms with Crippen molar-refractivity contribution in [2.45, 2.75) is 51.7 Å². The number of carbonyl (C=O) groups is 1. The molecule has 0 saturated carbocycles. The number of rotatable bonds is 8. The highest BCUT2D eigenvalue weighted by Gasteiger charge is 2.38. The van der Waals surface area contributed by atoms with Crippen LogP contribution >= 0.6 is 0 Å². The molecule has 2 atom stereocenters. The predicted octanol–water partition coefficient (Wildman–Crippen LogP) is 3.65. The molecule has 30 heavy (non-hydrogen) atoms. The third kappa shape index (κ3) is 4.46. The Bertz CT molecular complexity index is 875. The van der Waals surface area contributed by atoms with E-state index in [9.17, 15) is 4.79 Å². The lowest BCUT2D eigenvalue weighted by atomic mass is 9.84. The van der Waals surface area contributed by atoms with E-state index in [2.05, 4.69) is 38.1 Å².